The van der Waals surface area contributed by atoms with Crippen molar-refractivity contribution in [2.24, 2.45) is 0 Å². The van der Waals surface area contributed by atoms with Gasteiger partial charge in [0.15, 0.2) is 0 Å². The Labute approximate surface area is 147 Å². The van der Waals surface area contributed by atoms with Crippen molar-refractivity contribution >= 4 is 29.1 Å². The zero-order chi connectivity index (χ0) is 16.9. The number of nitrogens with zero attached hydrogens (tertiary/aromatic N) is 3. The minimum Gasteiger partial charge on any atom is -0.258 e. The Morgan fingerprint density at radius 3 is 2.38 bits per heavy atom. The van der Waals surface area contributed by atoms with Crippen LogP contribution in [0, 0.1) is 10.1 Å². The van der Waals surface area contributed by atoms with Crippen LogP contribution < -0.4 is 0 Å². The summed E-state index contributed by atoms with van der Waals surface area (Å²) >= 11 is 7.68. The summed E-state index contributed by atoms with van der Waals surface area (Å²) in [6.07, 6.45) is 0. The van der Waals surface area contributed by atoms with Gasteiger partial charge in [-0.3, -0.25) is 10.1 Å². The quantitative estimate of drug-likeness (QED) is 0.365. The predicted octanol–water partition coefficient (Wildman–Crippen LogP) is 5.00. The second-order valence-corrected chi connectivity index (χ2v) is 6.34. The number of nitro groups is 1. The van der Waals surface area contributed by atoms with Gasteiger partial charge in [0.1, 0.15) is 5.03 Å². The van der Waals surface area contributed by atoms with Crippen molar-refractivity contribution in [1.82, 2.24) is 10.2 Å². The van der Waals surface area contributed by atoms with Gasteiger partial charge in [-0.05, 0) is 35.9 Å². The molecule has 0 atom stereocenters. The molecule has 0 saturated carbocycles. The molecule has 2 aromatic carbocycles. The first-order valence-electron chi connectivity index (χ1n) is 7.08. The Balaban J connectivity index is 1.69. The molecule has 0 unspecified atom stereocenters. The van der Waals surface area contributed by atoms with E-state index >= 15 is 0 Å². The topological polar surface area (TPSA) is 68.9 Å². The van der Waals surface area contributed by atoms with Gasteiger partial charge in [0.2, 0.25) is 0 Å². The van der Waals surface area contributed by atoms with Crippen LogP contribution in [0.25, 0.3) is 11.3 Å². The van der Waals surface area contributed by atoms with Crippen LogP contribution in [0.4, 0.5) is 5.69 Å². The average molecular weight is 358 g/mol. The Hall–Kier alpha value is -2.44. The fourth-order valence-corrected chi connectivity index (χ4v) is 3.17. The molecule has 0 amide bonds. The lowest BCUT2D eigenvalue weighted by molar-refractivity contribution is -0.384. The van der Waals surface area contributed by atoms with Gasteiger partial charge in [-0.1, -0.05) is 41.6 Å². The molecule has 0 bridgehead atoms. The first-order chi connectivity index (χ1) is 11.6. The lowest BCUT2D eigenvalue weighted by atomic mass is 10.1. The van der Waals surface area contributed by atoms with E-state index in [1.165, 1.54) is 12.1 Å². The minimum atomic E-state index is -0.427. The SMILES string of the molecule is O=[N+]([O-])c1ccc(-c2ccc(SCc3ccccc3Cl)nn2)cc1. The molecular formula is C17H12ClN3O2S. The highest BCUT2D eigenvalue weighted by Gasteiger charge is 2.07. The third-order valence-corrected chi connectivity index (χ3v) is 4.68. The average Bonchev–Trinajstić information content (AvgIpc) is 2.62. The van der Waals surface area contributed by atoms with Crippen molar-refractivity contribution in [2.75, 3.05) is 0 Å². The third kappa shape index (κ3) is 3.90. The molecule has 3 rings (SSSR count). The number of nitro benzene ring substituents is 1. The largest absolute Gasteiger partial charge is 0.269 e. The molecule has 1 heterocycles. The summed E-state index contributed by atoms with van der Waals surface area (Å²) in [6.45, 7) is 0. The van der Waals surface area contributed by atoms with Gasteiger partial charge in [0.05, 0.1) is 10.6 Å². The molecule has 3 aromatic rings. The van der Waals surface area contributed by atoms with Gasteiger partial charge < -0.3 is 0 Å². The van der Waals surface area contributed by atoms with Crippen LogP contribution in [-0.2, 0) is 5.75 Å². The molecule has 7 heteroatoms. The van der Waals surface area contributed by atoms with Gasteiger partial charge in [-0.15, -0.1) is 10.2 Å². The lowest BCUT2D eigenvalue weighted by Crippen LogP contribution is -1.91. The first kappa shape index (κ1) is 16.4. The molecule has 0 saturated heterocycles. The van der Waals surface area contributed by atoms with Crippen molar-refractivity contribution in [3.8, 4) is 11.3 Å². The zero-order valence-corrected chi connectivity index (χ0v) is 14.0. The molecular weight excluding hydrogens is 346 g/mol. The van der Waals surface area contributed by atoms with E-state index in [4.69, 9.17) is 11.6 Å². The van der Waals surface area contributed by atoms with E-state index in [2.05, 4.69) is 10.2 Å². The summed E-state index contributed by atoms with van der Waals surface area (Å²) < 4.78 is 0. The monoisotopic (exact) mass is 357 g/mol. The van der Waals surface area contributed by atoms with Crippen LogP contribution >= 0.6 is 23.4 Å². The molecule has 0 aliphatic heterocycles. The number of hydrogen-bond acceptors (Lipinski definition) is 5. The highest BCUT2D eigenvalue weighted by molar-refractivity contribution is 7.98. The number of thioether (sulfide) groups is 1. The Morgan fingerprint density at radius 2 is 1.75 bits per heavy atom. The van der Waals surface area contributed by atoms with E-state index in [1.807, 2.05) is 36.4 Å². The van der Waals surface area contributed by atoms with Gasteiger partial charge in [0, 0.05) is 28.5 Å². The van der Waals surface area contributed by atoms with E-state index in [0.29, 0.717) is 11.4 Å². The second-order valence-electron chi connectivity index (χ2n) is 4.94. The number of aromatic nitrogens is 2. The predicted molar refractivity (Wildman–Crippen MR) is 95.1 cm³/mol. The van der Waals surface area contributed by atoms with Crippen molar-refractivity contribution in [1.29, 1.82) is 0 Å². The Kier molecular flexibility index (Phi) is 5.08. The fourth-order valence-electron chi connectivity index (χ4n) is 2.07. The molecule has 0 N–H and O–H groups in total. The Morgan fingerprint density at radius 1 is 1.00 bits per heavy atom. The van der Waals surface area contributed by atoms with E-state index < -0.39 is 4.92 Å². The van der Waals surface area contributed by atoms with Crippen LogP contribution in [0.1, 0.15) is 5.56 Å². The van der Waals surface area contributed by atoms with Gasteiger partial charge in [-0.2, -0.15) is 0 Å². The molecule has 24 heavy (non-hydrogen) atoms. The maximum atomic E-state index is 10.7. The third-order valence-electron chi connectivity index (χ3n) is 3.35. The summed E-state index contributed by atoms with van der Waals surface area (Å²) in [7, 11) is 0. The van der Waals surface area contributed by atoms with Crippen LogP contribution in [0.3, 0.4) is 0 Å². The van der Waals surface area contributed by atoms with Crippen LogP contribution in [-0.4, -0.2) is 15.1 Å². The van der Waals surface area contributed by atoms with Gasteiger partial charge >= 0.3 is 0 Å². The summed E-state index contributed by atoms with van der Waals surface area (Å²) in [5.74, 6) is 0.714. The van der Waals surface area contributed by atoms with Crippen LogP contribution in [0.2, 0.25) is 5.02 Å². The summed E-state index contributed by atoms with van der Waals surface area (Å²) in [5.41, 5.74) is 2.56. The van der Waals surface area contributed by atoms with Crippen LogP contribution in [0.5, 0.6) is 0 Å². The molecule has 0 aliphatic rings. The normalized spacial score (nSPS) is 10.5. The smallest absolute Gasteiger partial charge is 0.258 e. The van der Waals surface area contributed by atoms with Crippen molar-refractivity contribution in [3.05, 3.63) is 81.4 Å². The zero-order valence-electron chi connectivity index (χ0n) is 12.4. The van der Waals surface area contributed by atoms with Crippen molar-refractivity contribution in [2.45, 2.75) is 10.8 Å². The molecule has 0 spiro atoms. The second kappa shape index (κ2) is 7.42. The number of non-ortho nitro benzene ring substituents is 1. The summed E-state index contributed by atoms with van der Waals surface area (Å²) in [4.78, 5) is 10.2. The maximum Gasteiger partial charge on any atom is 0.269 e. The molecule has 120 valence electrons. The highest BCUT2D eigenvalue weighted by atomic mass is 35.5. The lowest BCUT2D eigenvalue weighted by Gasteiger charge is -2.04. The highest BCUT2D eigenvalue weighted by Crippen LogP contribution is 2.26. The maximum absolute atomic E-state index is 10.7. The summed E-state index contributed by atoms with van der Waals surface area (Å²) in [5, 5.41) is 20.6. The number of benzene rings is 2. The van der Waals surface area contributed by atoms with Crippen LogP contribution in [0.15, 0.2) is 65.7 Å². The van der Waals surface area contributed by atoms with E-state index in [1.54, 1.807) is 23.9 Å². The first-order valence-corrected chi connectivity index (χ1v) is 8.44. The summed E-state index contributed by atoms with van der Waals surface area (Å²) in [6, 6.07) is 17.7. The number of halogens is 1. The van der Waals surface area contributed by atoms with E-state index in [-0.39, 0.29) is 5.69 Å². The van der Waals surface area contributed by atoms with Crippen molar-refractivity contribution in [3.63, 3.8) is 0 Å². The number of hydrogen-bond donors (Lipinski definition) is 0. The molecule has 0 radical (unpaired) electrons. The number of rotatable bonds is 5. The molecule has 5 nitrogen and oxygen atoms in total. The minimum absolute atomic E-state index is 0.0543. The fraction of sp³-hybridized carbons (Fsp3) is 0.0588. The Bertz CT molecular complexity index is 854. The van der Waals surface area contributed by atoms with Gasteiger partial charge in [0.25, 0.3) is 5.69 Å². The molecule has 1 aromatic heterocycles. The van der Waals surface area contributed by atoms with E-state index in [0.717, 1.165) is 21.2 Å². The molecule has 0 aliphatic carbocycles. The standard InChI is InChI=1S/C17H12ClN3O2S/c18-15-4-2-1-3-13(15)11-24-17-10-9-16(19-20-17)12-5-7-14(8-6-12)21(22)23/h1-10H,11H2. The van der Waals surface area contributed by atoms with E-state index in [9.17, 15) is 10.1 Å². The van der Waals surface area contributed by atoms with Crippen molar-refractivity contribution < 1.29 is 4.92 Å². The van der Waals surface area contributed by atoms with Gasteiger partial charge in [-0.25, -0.2) is 0 Å². The molecule has 0 fully saturated rings.